The van der Waals surface area contributed by atoms with E-state index < -0.39 is 0 Å². The number of halogens is 1. The van der Waals surface area contributed by atoms with Crippen LogP contribution in [0.1, 0.15) is 18.4 Å². The second-order valence-corrected chi connectivity index (χ2v) is 4.43. The van der Waals surface area contributed by atoms with Gasteiger partial charge >= 0.3 is 0 Å². The standard InChI is InChI=1S/C11H14ClNO/c12-9-5-10(6-9)13-7-8-1-3-11(14)4-2-8/h1-4,9-10,13-14H,5-7H2. The van der Waals surface area contributed by atoms with E-state index in [1.807, 2.05) is 12.1 Å². The average molecular weight is 212 g/mol. The molecule has 0 radical (unpaired) electrons. The van der Waals surface area contributed by atoms with Gasteiger partial charge in [-0.15, -0.1) is 11.6 Å². The van der Waals surface area contributed by atoms with Crippen molar-refractivity contribution >= 4 is 11.6 Å². The lowest BCUT2D eigenvalue weighted by Gasteiger charge is -2.31. The highest BCUT2D eigenvalue weighted by molar-refractivity contribution is 6.21. The van der Waals surface area contributed by atoms with Crippen molar-refractivity contribution in [2.45, 2.75) is 30.8 Å². The second-order valence-electron chi connectivity index (χ2n) is 3.81. The van der Waals surface area contributed by atoms with Crippen molar-refractivity contribution in [2.75, 3.05) is 0 Å². The Kier molecular flexibility index (Phi) is 2.94. The first-order chi connectivity index (χ1) is 6.74. The quantitative estimate of drug-likeness (QED) is 0.752. The Morgan fingerprint density at radius 2 is 1.93 bits per heavy atom. The normalized spacial score (nSPS) is 25.8. The van der Waals surface area contributed by atoms with E-state index in [2.05, 4.69) is 5.32 Å². The zero-order valence-electron chi connectivity index (χ0n) is 7.91. The maximum Gasteiger partial charge on any atom is 0.115 e. The summed E-state index contributed by atoms with van der Waals surface area (Å²) >= 11 is 5.87. The molecule has 14 heavy (non-hydrogen) atoms. The summed E-state index contributed by atoms with van der Waals surface area (Å²) in [7, 11) is 0. The zero-order chi connectivity index (χ0) is 9.97. The Hall–Kier alpha value is -0.730. The molecular weight excluding hydrogens is 198 g/mol. The fourth-order valence-corrected chi connectivity index (χ4v) is 2.02. The Morgan fingerprint density at radius 1 is 1.29 bits per heavy atom. The van der Waals surface area contributed by atoms with Crippen molar-refractivity contribution < 1.29 is 5.11 Å². The first kappa shape index (κ1) is 9.81. The SMILES string of the molecule is Oc1ccc(CNC2CC(Cl)C2)cc1. The smallest absolute Gasteiger partial charge is 0.115 e. The van der Waals surface area contributed by atoms with Gasteiger partial charge in [-0.1, -0.05) is 12.1 Å². The molecule has 2 nitrogen and oxygen atoms in total. The third-order valence-corrected chi connectivity index (χ3v) is 2.97. The maximum atomic E-state index is 9.09. The largest absolute Gasteiger partial charge is 0.508 e. The molecule has 0 atom stereocenters. The molecule has 0 saturated heterocycles. The minimum Gasteiger partial charge on any atom is -0.508 e. The van der Waals surface area contributed by atoms with Crippen LogP contribution in [-0.4, -0.2) is 16.5 Å². The number of alkyl halides is 1. The van der Waals surface area contributed by atoms with E-state index in [1.165, 1.54) is 5.56 Å². The van der Waals surface area contributed by atoms with Gasteiger partial charge in [-0.2, -0.15) is 0 Å². The Labute approximate surface area is 88.9 Å². The van der Waals surface area contributed by atoms with Gasteiger partial charge in [0.15, 0.2) is 0 Å². The number of phenolic OH excluding ortho intramolecular Hbond substituents is 1. The molecule has 1 fully saturated rings. The average Bonchev–Trinajstić information content (AvgIpc) is 2.13. The lowest BCUT2D eigenvalue weighted by Crippen LogP contribution is -2.41. The predicted octanol–water partition coefficient (Wildman–Crippen LogP) is 2.25. The number of phenols is 1. The van der Waals surface area contributed by atoms with Crippen LogP contribution >= 0.6 is 11.6 Å². The van der Waals surface area contributed by atoms with Crippen molar-refractivity contribution in [3.8, 4) is 5.75 Å². The van der Waals surface area contributed by atoms with Crippen LogP contribution < -0.4 is 5.32 Å². The van der Waals surface area contributed by atoms with Gasteiger partial charge in [0.25, 0.3) is 0 Å². The van der Waals surface area contributed by atoms with Gasteiger partial charge in [-0.3, -0.25) is 0 Å². The van der Waals surface area contributed by atoms with Crippen LogP contribution in [0, 0.1) is 0 Å². The lowest BCUT2D eigenvalue weighted by atomic mass is 9.92. The summed E-state index contributed by atoms with van der Waals surface area (Å²) in [5.74, 6) is 0.318. The van der Waals surface area contributed by atoms with Crippen LogP contribution in [0.5, 0.6) is 5.75 Å². The van der Waals surface area contributed by atoms with E-state index in [-0.39, 0.29) is 0 Å². The molecule has 0 unspecified atom stereocenters. The number of hydrogen-bond donors (Lipinski definition) is 2. The zero-order valence-corrected chi connectivity index (χ0v) is 8.67. The molecule has 76 valence electrons. The minimum atomic E-state index is 0.318. The number of hydrogen-bond acceptors (Lipinski definition) is 2. The third kappa shape index (κ3) is 2.40. The molecule has 0 amide bonds. The summed E-state index contributed by atoms with van der Waals surface area (Å²) < 4.78 is 0. The summed E-state index contributed by atoms with van der Waals surface area (Å²) in [6, 6.07) is 7.86. The molecule has 0 aromatic heterocycles. The van der Waals surface area contributed by atoms with Crippen molar-refractivity contribution in [2.24, 2.45) is 0 Å². The molecular formula is C11H14ClNO. The van der Waals surface area contributed by atoms with E-state index in [4.69, 9.17) is 16.7 Å². The molecule has 1 aromatic rings. The van der Waals surface area contributed by atoms with Gasteiger partial charge in [0.05, 0.1) is 0 Å². The van der Waals surface area contributed by atoms with Gasteiger partial charge < -0.3 is 10.4 Å². The first-order valence-electron chi connectivity index (χ1n) is 4.89. The van der Waals surface area contributed by atoms with Crippen molar-refractivity contribution in [3.05, 3.63) is 29.8 Å². The molecule has 1 aliphatic carbocycles. The predicted molar refractivity (Wildman–Crippen MR) is 57.6 cm³/mol. The van der Waals surface area contributed by atoms with Crippen LogP contribution in [0.4, 0.5) is 0 Å². The highest BCUT2D eigenvalue weighted by Crippen LogP contribution is 2.25. The Bertz CT molecular complexity index is 293. The number of nitrogens with one attached hydrogen (secondary N) is 1. The summed E-state index contributed by atoms with van der Waals surface area (Å²) in [6.07, 6.45) is 2.14. The number of rotatable bonds is 3. The van der Waals surface area contributed by atoms with E-state index >= 15 is 0 Å². The molecule has 2 N–H and O–H groups in total. The maximum absolute atomic E-state index is 9.09. The van der Waals surface area contributed by atoms with E-state index in [1.54, 1.807) is 12.1 Å². The van der Waals surface area contributed by atoms with Crippen LogP contribution in [0.3, 0.4) is 0 Å². The van der Waals surface area contributed by atoms with Crippen molar-refractivity contribution in [1.29, 1.82) is 0 Å². The fourth-order valence-electron chi connectivity index (χ4n) is 1.59. The number of benzene rings is 1. The van der Waals surface area contributed by atoms with E-state index in [0.29, 0.717) is 17.2 Å². The molecule has 3 heteroatoms. The molecule has 1 aromatic carbocycles. The van der Waals surface area contributed by atoms with Crippen LogP contribution in [-0.2, 0) is 6.54 Å². The Balaban J connectivity index is 1.78. The third-order valence-electron chi connectivity index (χ3n) is 2.61. The highest BCUT2D eigenvalue weighted by Gasteiger charge is 2.26. The van der Waals surface area contributed by atoms with Gasteiger partial charge in [-0.05, 0) is 30.5 Å². The van der Waals surface area contributed by atoms with Crippen LogP contribution in [0.2, 0.25) is 0 Å². The summed E-state index contributed by atoms with van der Waals surface area (Å²) in [5.41, 5.74) is 1.20. The van der Waals surface area contributed by atoms with Crippen LogP contribution in [0.15, 0.2) is 24.3 Å². The van der Waals surface area contributed by atoms with E-state index in [0.717, 1.165) is 19.4 Å². The van der Waals surface area contributed by atoms with Crippen LogP contribution in [0.25, 0.3) is 0 Å². The topological polar surface area (TPSA) is 32.3 Å². The van der Waals surface area contributed by atoms with Crippen molar-refractivity contribution in [1.82, 2.24) is 5.32 Å². The van der Waals surface area contributed by atoms with Crippen molar-refractivity contribution in [3.63, 3.8) is 0 Å². The molecule has 0 heterocycles. The summed E-state index contributed by atoms with van der Waals surface area (Å²) in [5, 5.41) is 12.9. The fraction of sp³-hybridized carbons (Fsp3) is 0.455. The first-order valence-corrected chi connectivity index (χ1v) is 5.33. The van der Waals surface area contributed by atoms with E-state index in [9.17, 15) is 0 Å². The number of aromatic hydroxyl groups is 1. The molecule has 1 aliphatic rings. The van der Waals surface area contributed by atoms with Gasteiger partial charge in [-0.25, -0.2) is 0 Å². The van der Waals surface area contributed by atoms with Gasteiger partial charge in [0, 0.05) is 18.0 Å². The molecule has 2 rings (SSSR count). The molecule has 1 saturated carbocycles. The molecule has 0 aliphatic heterocycles. The minimum absolute atomic E-state index is 0.318. The molecule has 0 bridgehead atoms. The lowest BCUT2D eigenvalue weighted by molar-refractivity contribution is 0.345. The van der Waals surface area contributed by atoms with Gasteiger partial charge in [0.1, 0.15) is 5.75 Å². The Morgan fingerprint density at radius 3 is 2.50 bits per heavy atom. The molecule has 0 spiro atoms. The summed E-state index contributed by atoms with van der Waals surface area (Å²) in [6.45, 7) is 0.856. The highest BCUT2D eigenvalue weighted by atomic mass is 35.5. The van der Waals surface area contributed by atoms with Gasteiger partial charge in [0.2, 0.25) is 0 Å². The second kappa shape index (κ2) is 4.20. The monoisotopic (exact) mass is 211 g/mol. The summed E-state index contributed by atoms with van der Waals surface area (Å²) in [4.78, 5) is 0.